The lowest BCUT2D eigenvalue weighted by atomic mass is 10.0. The summed E-state index contributed by atoms with van der Waals surface area (Å²) in [5.74, 6) is 0.518. The summed E-state index contributed by atoms with van der Waals surface area (Å²) in [6.45, 7) is 5.56. The van der Waals surface area contributed by atoms with Crippen LogP contribution in [0.15, 0.2) is 18.2 Å². The van der Waals surface area contributed by atoms with E-state index in [1.165, 1.54) is 17.5 Å². The molecule has 2 rings (SSSR count). The maximum absolute atomic E-state index is 12.7. The van der Waals surface area contributed by atoms with Gasteiger partial charge in [0, 0.05) is 25.1 Å². The van der Waals surface area contributed by atoms with Crippen LogP contribution < -0.4 is 5.73 Å². The highest BCUT2D eigenvalue weighted by Crippen LogP contribution is 2.23. The van der Waals surface area contributed by atoms with E-state index in [0.29, 0.717) is 23.9 Å². The summed E-state index contributed by atoms with van der Waals surface area (Å²) in [4.78, 5) is 15.1. The van der Waals surface area contributed by atoms with Crippen LogP contribution in [0.4, 0.5) is 0 Å². The summed E-state index contributed by atoms with van der Waals surface area (Å²) < 4.78 is 0. The van der Waals surface area contributed by atoms with E-state index in [-0.39, 0.29) is 5.91 Å². The quantitative estimate of drug-likeness (QED) is 0.822. The van der Waals surface area contributed by atoms with Gasteiger partial charge in [0.25, 0.3) is 5.91 Å². The van der Waals surface area contributed by atoms with Gasteiger partial charge in [0.1, 0.15) is 0 Å². The van der Waals surface area contributed by atoms with Gasteiger partial charge in [-0.3, -0.25) is 4.79 Å². The summed E-state index contributed by atoms with van der Waals surface area (Å²) in [6.07, 6.45) is 4.01. The van der Waals surface area contributed by atoms with E-state index < -0.39 is 0 Å². The van der Waals surface area contributed by atoms with Gasteiger partial charge in [-0.15, -0.1) is 0 Å². The predicted molar refractivity (Wildman–Crippen MR) is 90.6 cm³/mol. The molecule has 1 amide bonds. The smallest absolute Gasteiger partial charge is 0.253 e. The molecule has 0 fully saturated rings. The van der Waals surface area contributed by atoms with Gasteiger partial charge in [0.15, 0.2) is 0 Å². The van der Waals surface area contributed by atoms with E-state index in [2.05, 4.69) is 26.0 Å². The second kappa shape index (κ2) is 7.03. The fraction of sp³-hybridized carbons (Fsp3) is 0.529. The molecule has 0 aromatic heterocycles. The SMILES string of the molecule is CC(C)CN(CCC(N)=S)C(=O)c1ccc2c(c1)CCC2. The number of benzene rings is 1. The van der Waals surface area contributed by atoms with E-state index >= 15 is 0 Å². The number of carbonyl (C=O) groups excluding carboxylic acids is 1. The summed E-state index contributed by atoms with van der Waals surface area (Å²) in [5, 5.41) is 0. The van der Waals surface area contributed by atoms with E-state index in [4.69, 9.17) is 18.0 Å². The number of fused-ring (bicyclic) bond motifs is 1. The summed E-state index contributed by atoms with van der Waals surface area (Å²) in [6, 6.07) is 6.13. The van der Waals surface area contributed by atoms with Crippen molar-refractivity contribution in [2.24, 2.45) is 11.7 Å². The highest BCUT2D eigenvalue weighted by atomic mass is 32.1. The molecule has 0 spiro atoms. The minimum absolute atomic E-state index is 0.0923. The summed E-state index contributed by atoms with van der Waals surface area (Å²) >= 11 is 4.94. The van der Waals surface area contributed by atoms with Crippen molar-refractivity contribution in [2.45, 2.75) is 39.5 Å². The molecule has 0 atom stereocenters. The lowest BCUT2D eigenvalue weighted by Gasteiger charge is -2.25. The van der Waals surface area contributed by atoms with E-state index in [0.717, 1.165) is 24.9 Å². The molecule has 0 heterocycles. The Kier molecular flexibility index (Phi) is 5.34. The molecule has 0 saturated carbocycles. The molecular formula is C17H24N2OS. The number of hydrogen-bond donors (Lipinski definition) is 1. The van der Waals surface area contributed by atoms with Crippen molar-refractivity contribution in [3.63, 3.8) is 0 Å². The van der Waals surface area contributed by atoms with E-state index in [9.17, 15) is 4.79 Å². The van der Waals surface area contributed by atoms with Gasteiger partial charge in [-0.2, -0.15) is 0 Å². The summed E-state index contributed by atoms with van der Waals surface area (Å²) in [5.41, 5.74) is 9.10. The molecule has 1 aliphatic rings. The Balaban J connectivity index is 2.14. The first-order valence-corrected chi connectivity index (χ1v) is 8.07. The van der Waals surface area contributed by atoms with Crippen molar-refractivity contribution < 1.29 is 4.79 Å². The second-order valence-electron chi connectivity index (χ2n) is 6.20. The second-order valence-corrected chi connectivity index (χ2v) is 6.72. The molecule has 3 nitrogen and oxygen atoms in total. The maximum Gasteiger partial charge on any atom is 0.253 e. The molecule has 2 N–H and O–H groups in total. The van der Waals surface area contributed by atoms with Crippen molar-refractivity contribution >= 4 is 23.1 Å². The van der Waals surface area contributed by atoms with Crippen molar-refractivity contribution in [3.05, 3.63) is 34.9 Å². The number of amides is 1. The lowest BCUT2D eigenvalue weighted by molar-refractivity contribution is 0.0741. The third-order valence-electron chi connectivity index (χ3n) is 3.85. The zero-order chi connectivity index (χ0) is 15.4. The third kappa shape index (κ3) is 4.27. The van der Waals surface area contributed by atoms with Gasteiger partial charge in [-0.25, -0.2) is 0 Å². The summed E-state index contributed by atoms with van der Waals surface area (Å²) in [7, 11) is 0. The molecule has 21 heavy (non-hydrogen) atoms. The average molecular weight is 304 g/mol. The highest BCUT2D eigenvalue weighted by Gasteiger charge is 2.19. The monoisotopic (exact) mass is 304 g/mol. The Bertz CT molecular complexity index is 540. The van der Waals surface area contributed by atoms with Crippen molar-refractivity contribution in [1.29, 1.82) is 0 Å². The maximum atomic E-state index is 12.7. The van der Waals surface area contributed by atoms with Gasteiger partial charge in [0.2, 0.25) is 0 Å². The number of rotatable bonds is 6. The molecule has 0 radical (unpaired) electrons. The topological polar surface area (TPSA) is 46.3 Å². The van der Waals surface area contributed by atoms with Gasteiger partial charge >= 0.3 is 0 Å². The molecular weight excluding hydrogens is 280 g/mol. The van der Waals surface area contributed by atoms with Crippen molar-refractivity contribution in [1.82, 2.24) is 4.90 Å². The minimum Gasteiger partial charge on any atom is -0.393 e. The number of hydrogen-bond acceptors (Lipinski definition) is 2. The minimum atomic E-state index is 0.0923. The lowest BCUT2D eigenvalue weighted by Crippen LogP contribution is -2.36. The Hall–Kier alpha value is -1.42. The molecule has 1 aromatic rings. The van der Waals surface area contributed by atoms with Gasteiger partial charge in [0.05, 0.1) is 4.99 Å². The molecule has 4 heteroatoms. The third-order valence-corrected chi connectivity index (χ3v) is 4.05. The number of thiocarbonyl (C=S) groups is 1. The Labute approximate surface area is 132 Å². The standard InChI is InChI=1S/C17H24N2OS/c1-12(2)11-19(9-8-16(18)21)17(20)15-7-6-13-4-3-5-14(13)10-15/h6-7,10,12H,3-5,8-9,11H2,1-2H3,(H2,18,21). The number of nitrogens with zero attached hydrogens (tertiary/aromatic N) is 1. The highest BCUT2D eigenvalue weighted by molar-refractivity contribution is 7.80. The number of nitrogens with two attached hydrogens (primary N) is 1. The molecule has 0 bridgehead atoms. The van der Waals surface area contributed by atoms with Crippen LogP contribution in [-0.2, 0) is 12.8 Å². The molecule has 0 unspecified atom stereocenters. The van der Waals surface area contributed by atoms with Crippen LogP contribution in [0.5, 0.6) is 0 Å². The van der Waals surface area contributed by atoms with Crippen LogP contribution in [0.3, 0.4) is 0 Å². The van der Waals surface area contributed by atoms with E-state index in [1.807, 2.05) is 11.0 Å². The van der Waals surface area contributed by atoms with Crippen LogP contribution in [0, 0.1) is 5.92 Å². The first kappa shape index (κ1) is 16.0. The number of carbonyl (C=O) groups is 1. The van der Waals surface area contributed by atoms with Crippen LogP contribution in [0.2, 0.25) is 0 Å². The van der Waals surface area contributed by atoms with Gasteiger partial charge in [-0.1, -0.05) is 32.1 Å². The number of aryl methyl sites for hydroxylation is 2. The van der Waals surface area contributed by atoms with Crippen molar-refractivity contribution in [2.75, 3.05) is 13.1 Å². The van der Waals surface area contributed by atoms with Crippen molar-refractivity contribution in [3.8, 4) is 0 Å². The molecule has 0 aliphatic heterocycles. The Morgan fingerprint density at radius 1 is 1.33 bits per heavy atom. The predicted octanol–water partition coefficient (Wildman–Crippen LogP) is 2.95. The van der Waals surface area contributed by atoms with Gasteiger partial charge in [-0.05, 0) is 48.4 Å². The van der Waals surface area contributed by atoms with Crippen LogP contribution >= 0.6 is 12.2 Å². The molecule has 0 saturated heterocycles. The largest absolute Gasteiger partial charge is 0.393 e. The molecule has 1 aliphatic carbocycles. The van der Waals surface area contributed by atoms with Crippen LogP contribution in [-0.4, -0.2) is 28.9 Å². The van der Waals surface area contributed by atoms with Crippen LogP contribution in [0.25, 0.3) is 0 Å². The van der Waals surface area contributed by atoms with Gasteiger partial charge < -0.3 is 10.6 Å². The fourth-order valence-electron chi connectivity index (χ4n) is 2.85. The molecule has 1 aromatic carbocycles. The Morgan fingerprint density at radius 3 is 2.71 bits per heavy atom. The Morgan fingerprint density at radius 2 is 2.05 bits per heavy atom. The van der Waals surface area contributed by atoms with Crippen LogP contribution in [0.1, 0.15) is 48.2 Å². The average Bonchev–Trinajstić information content (AvgIpc) is 2.89. The first-order chi connectivity index (χ1) is 9.97. The first-order valence-electron chi connectivity index (χ1n) is 7.66. The normalized spacial score (nSPS) is 13.3. The zero-order valence-corrected chi connectivity index (χ0v) is 13.7. The fourth-order valence-corrected chi connectivity index (χ4v) is 2.94. The zero-order valence-electron chi connectivity index (χ0n) is 12.9. The van der Waals surface area contributed by atoms with E-state index in [1.54, 1.807) is 0 Å². The molecule has 114 valence electrons.